The zero-order valence-corrected chi connectivity index (χ0v) is 21.7. The Balaban J connectivity index is 1.34. The smallest absolute Gasteiger partial charge is 0.256 e. The number of rotatable bonds is 5. The molecule has 0 unspecified atom stereocenters. The van der Waals surface area contributed by atoms with E-state index in [1.807, 2.05) is 50.9 Å². The number of aromatic nitrogens is 1. The number of halogens is 1. The second-order valence-electron chi connectivity index (χ2n) is 9.82. The topological polar surface area (TPSA) is 58.0 Å². The number of likely N-dealkylation sites (tertiary alicyclic amines) is 1. The number of amides is 2. The van der Waals surface area contributed by atoms with Crippen molar-refractivity contribution in [3.05, 3.63) is 64.8 Å². The van der Waals surface area contributed by atoms with Crippen LogP contribution in [0, 0.1) is 0 Å². The summed E-state index contributed by atoms with van der Waals surface area (Å²) in [4.78, 5) is 32.8. The predicted molar refractivity (Wildman–Crippen MR) is 142 cm³/mol. The van der Waals surface area contributed by atoms with Crippen LogP contribution in [-0.2, 0) is 11.3 Å². The molecule has 0 bridgehead atoms. The maximum absolute atomic E-state index is 13.7. The molecule has 36 heavy (non-hydrogen) atoms. The average molecular weight is 509 g/mol. The number of carbonyl (C=O) groups excluding carboxylic acids is 2. The van der Waals surface area contributed by atoms with E-state index in [0.29, 0.717) is 29.6 Å². The highest BCUT2D eigenvalue weighted by molar-refractivity contribution is 6.31. The molecule has 0 aliphatic carbocycles. The lowest BCUT2D eigenvalue weighted by Gasteiger charge is -2.33. The Hall–Kier alpha value is -3.03. The van der Waals surface area contributed by atoms with Crippen LogP contribution in [0.15, 0.2) is 48.7 Å². The molecule has 5 rings (SSSR count). The van der Waals surface area contributed by atoms with Crippen LogP contribution in [0.1, 0.15) is 34.7 Å². The molecule has 2 aromatic carbocycles. The second kappa shape index (κ2) is 10.5. The predicted octanol–water partition coefficient (Wildman–Crippen LogP) is 4.10. The number of ether oxygens (including phenoxy) is 1. The lowest BCUT2D eigenvalue weighted by molar-refractivity contribution is -0.133. The molecule has 2 saturated heterocycles. The van der Waals surface area contributed by atoms with Gasteiger partial charge in [0.1, 0.15) is 12.3 Å². The van der Waals surface area contributed by atoms with E-state index < -0.39 is 0 Å². The van der Waals surface area contributed by atoms with Gasteiger partial charge in [0.15, 0.2) is 0 Å². The van der Waals surface area contributed by atoms with Crippen molar-refractivity contribution in [3.63, 3.8) is 0 Å². The largest absolute Gasteiger partial charge is 0.496 e. The standard InChI is InChI=1S/C28H33ClN4O3/c1-30-13-15-31(16-14-30)27(34)19-33-18-24(23-8-7-21(29)17-25(23)33)28(35)32-11-9-20(10-12-32)22-5-3-4-6-26(22)36-2/h3-8,17-18,20H,9-16,19H2,1-2H3. The van der Waals surface area contributed by atoms with Crippen LogP contribution in [0.5, 0.6) is 5.75 Å². The normalized spacial score (nSPS) is 17.5. The number of benzene rings is 2. The molecule has 0 atom stereocenters. The second-order valence-corrected chi connectivity index (χ2v) is 10.3. The number of nitrogens with zero attached hydrogens (tertiary/aromatic N) is 4. The first-order chi connectivity index (χ1) is 17.4. The zero-order valence-electron chi connectivity index (χ0n) is 21.0. The van der Waals surface area contributed by atoms with E-state index in [1.54, 1.807) is 13.2 Å². The van der Waals surface area contributed by atoms with Crippen molar-refractivity contribution >= 4 is 34.3 Å². The van der Waals surface area contributed by atoms with Gasteiger partial charge in [0.05, 0.1) is 18.2 Å². The first-order valence-electron chi connectivity index (χ1n) is 12.6. The summed E-state index contributed by atoms with van der Waals surface area (Å²) >= 11 is 6.31. The molecule has 0 N–H and O–H groups in total. The van der Waals surface area contributed by atoms with Gasteiger partial charge in [-0.2, -0.15) is 0 Å². The number of carbonyl (C=O) groups is 2. The Morgan fingerprint density at radius 3 is 2.42 bits per heavy atom. The average Bonchev–Trinajstić information content (AvgIpc) is 3.25. The van der Waals surface area contributed by atoms with Gasteiger partial charge in [0, 0.05) is 55.9 Å². The summed E-state index contributed by atoms with van der Waals surface area (Å²) in [6.45, 7) is 4.76. The summed E-state index contributed by atoms with van der Waals surface area (Å²) < 4.78 is 7.44. The van der Waals surface area contributed by atoms with Crippen molar-refractivity contribution < 1.29 is 14.3 Å². The molecular weight excluding hydrogens is 476 g/mol. The summed E-state index contributed by atoms with van der Waals surface area (Å²) in [6.07, 6.45) is 3.61. The number of piperazine rings is 1. The molecule has 2 fully saturated rings. The molecule has 2 aliphatic heterocycles. The Morgan fingerprint density at radius 2 is 1.69 bits per heavy atom. The Bertz CT molecular complexity index is 1260. The molecule has 0 radical (unpaired) electrons. The summed E-state index contributed by atoms with van der Waals surface area (Å²) in [7, 11) is 3.77. The first-order valence-corrected chi connectivity index (χ1v) is 13.0. The van der Waals surface area contributed by atoms with E-state index in [4.69, 9.17) is 16.3 Å². The van der Waals surface area contributed by atoms with Crippen molar-refractivity contribution in [2.45, 2.75) is 25.3 Å². The number of para-hydroxylation sites is 1. The fraction of sp³-hybridized carbons (Fsp3) is 0.429. The monoisotopic (exact) mass is 508 g/mol. The van der Waals surface area contributed by atoms with Crippen LogP contribution in [-0.4, -0.2) is 84.5 Å². The minimum atomic E-state index is 0.00611. The number of hydrogen-bond donors (Lipinski definition) is 0. The molecular formula is C28H33ClN4O3. The van der Waals surface area contributed by atoms with Crippen LogP contribution in [0.2, 0.25) is 5.02 Å². The van der Waals surface area contributed by atoms with E-state index in [2.05, 4.69) is 18.0 Å². The van der Waals surface area contributed by atoms with Crippen LogP contribution < -0.4 is 4.74 Å². The minimum absolute atomic E-state index is 0.00611. The SMILES string of the molecule is COc1ccccc1C1CCN(C(=O)c2cn(CC(=O)N3CCN(C)CC3)c3cc(Cl)ccc23)CC1. The van der Waals surface area contributed by atoms with Gasteiger partial charge in [-0.05, 0) is 49.6 Å². The van der Waals surface area contributed by atoms with Gasteiger partial charge in [-0.1, -0.05) is 35.9 Å². The highest BCUT2D eigenvalue weighted by atomic mass is 35.5. The van der Waals surface area contributed by atoms with Crippen LogP contribution in [0.3, 0.4) is 0 Å². The fourth-order valence-corrected chi connectivity index (χ4v) is 5.60. The van der Waals surface area contributed by atoms with Crippen molar-refractivity contribution in [1.82, 2.24) is 19.3 Å². The first kappa shape index (κ1) is 24.7. The Kier molecular flexibility index (Phi) is 7.21. The molecule has 0 saturated carbocycles. The molecule has 7 nitrogen and oxygen atoms in total. The van der Waals surface area contributed by atoms with Crippen LogP contribution in [0.4, 0.5) is 0 Å². The summed E-state index contributed by atoms with van der Waals surface area (Å²) in [6, 6.07) is 13.7. The van der Waals surface area contributed by atoms with E-state index >= 15 is 0 Å². The molecule has 190 valence electrons. The van der Waals surface area contributed by atoms with E-state index in [0.717, 1.165) is 55.7 Å². The third kappa shape index (κ3) is 4.95. The third-order valence-corrected chi connectivity index (χ3v) is 7.83. The fourth-order valence-electron chi connectivity index (χ4n) is 5.44. The van der Waals surface area contributed by atoms with E-state index in [9.17, 15) is 9.59 Å². The van der Waals surface area contributed by atoms with Crippen LogP contribution in [0.25, 0.3) is 10.9 Å². The molecule has 8 heteroatoms. The molecule has 1 aromatic heterocycles. The van der Waals surface area contributed by atoms with Crippen molar-refractivity contribution in [3.8, 4) is 5.75 Å². The highest BCUT2D eigenvalue weighted by Crippen LogP contribution is 2.35. The lowest BCUT2D eigenvalue weighted by Crippen LogP contribution is -2.48. The van der Waals surface area contributed by atoms with Crippen molar-refractivity contribution in [2.24, 2.45) is 0 Å². The number of fused-ring (bicyclic) bond motifs is 1. The van der Waals surface area contributed by atoms with Gasteiger partial charge in [-0.3, -0.25) is 9.59 Å². The summed E-state index contributed by atoms with van der Waals surface area (Å²) in [5, 5.41) is 1.42. The summed E-state index contributed by atoms with van der Waals surface area (Å²) in [5.41, 5.74) is 2.65. The Morgan fingerprint density at radius 1 is 0.972 bits per heavy atom. The maximum atomic E-state index is 13.7. The van der Waals surface area contributed by atoms with Gasteiger partial charge in [-0.15, -0.1) is 0 Å². The van der Waals surface area contributed by atoms with Gasteiger partial charge in [-0.25, -0.2) is 0 Å². The van der Waals surface area contributed by atoms with Crippen molar-refractivity contribution in [2.75, 3.05) is 53.4 Å². The highest BCUT2D eigenvalue weighted by Gasteiger charge is 2.28. The molecule has 3 aromatic rings. The van der Waals surface area contributed by atoms with E-state index in [1.165, 1.54) is 5.56 Å². The number of methoxy groups -OCH3 is 1. The summed E-state index contributed by atoms with van der Waals surface area (Å²) in [5.74, 6) is 1.35. The third-order valence-electron chi connectivity index (χ3n) is 7.60. The molecule has 2 aliphatic rings. The van der Waals surface area contributed by atoms with Gasteiger partial charge in [0.25, 0.3) is 5.91 Å². The number of piperidine rings is 1. The van der Waals surface area contributed by atoms with Gasteiger partial charge in [0.2, 0.25) is 5.91 Å². The molecule has 3 heterocycles. The van der Waals surface area contributed by atoms with E-state index in [-0.39, 0.29) is 18.4 Å². The molecule has 2 amide bonds. The maximum Gasteiger partial charge on any atom is 0.256 e. The Labute approximate surface area is 217 Å². The number of hydrogen-bond acceptors (Lipinski definition) is 4. The minimum Gasteiger partial charge on any atom is -0.496 e. The van der Waals surface area contributed by atoms with Gasteiger partial charge < -0.3 is 24.0 Å². The van der Waals surface area contributed by atoms with Gasteiger partial charge >= 0.3 is 0 Å². The zero-order chi connectivity index (χ0) is 25.2. The van der Waals surface area contributed by atoms with Crippen LogP contribution >= 0.6 is 11.6 Å². The number of likely N-dealkylation sites (N-methyl/N-ethyl adjacent to an activating group) is 1. The lowest BCUT2D eigenvalue weighted by atomic mass is 9.88. The molecule has 0 spiro atoms. The quantitative estimate of drug-likeness (QED) is 0.520. The van der Waals surface area contributed by atoms with Crippen molar-refractivity contribution in [1.29, 1.82) is 0 Å².